The standard InChI is InChI=1S/C17H29F3N2O2/c1-15(2)12-22(9-5-13(15)17(18,19)20)14(23)21-11-16(6-4-7-16)8-10-24-3/h13H,4-12H2,1-3H3,(H,21,23)/t13-/m0/s1. The molecule has 140 valence electrons. The third-order valence-corrected chi connectivity index (χ3v) is 5.78. The lowest BCUT2D eigenvalue weighted by Gasteiger charge is -2.46. The Morgan fingerprint density at radius 1 is 1.33 bits per heavy atom. The molecule has 7 heteroatoms. The van der Waals surface area contributed by atoms with Crippen molar-refractivity contribution in [2.24, 2.45) is 16.7 Å². The molecule has 0 spiro atoms. The van der Waals surface area contributed by atoms with Crippen LogP contribution in [0.25, 0.3) is 0 Å². The summed E-state index contributed by atoms with van der Waals surface area (Å²) in [5.41, 5.74) is -0.858. The van der Waals surface area contributed by atoms with Gasteiger partial charge in [0.2, 0.25) is 0 Å². The van der Waals surface area contributed by atoms with Crippen LogP contribution in [-0.4, -0.2) is 50.5 Å². The van der Waals surface area contributed by atoms with E-state index in [-0.39, 0.29) is 31.0 Å². The third kappa shape index (κ3) is 4.35. The second-order valence-corrected chi connectivity index (χ2v) is 8.05. The van der Waals surface area contributed by atoms with E-state index in [1.54, 1.807) is 21.0 Å². The number of hydrogen-bond donors (Lipinski definition) is 1. The molecule has 1 aliphatic carbocycles. The Morgan fingerprint density at radius 2 is 2.00 bits per heavy atom. The summed E-state index contributed by atoms with van der Waals surface area (Å²) < 4.78 is 44.5. The molecule has 2 amide bonds. The number of nitrogens with one attached hydrogen (secondary N) is 1. The van der Waals surface area contributed by atoms with E-state index in [4.69, 9.17) is 4.74 Å². The molecule has 0 radical (unpaired) electrons. The molecule has 0 aromatic heterocycles. The first kappa shape index (κ1) is 19.3. The van der Waals surface area contributed by atoms with E-state index >= 15 is 0 Å². The summed E-state index contributed by atoms with van der Waals surface area (Å²) >= 11 is 0. The maximum Gasteiger partial charge on any atom is 0.392 e. The van der Waals surface area contributed by atoms with Crippen molar-refractivity contribution in [2.75, 3.05) is 33.4 Å². The third-order valence-electron chi connectivity index (χ3n) is 5.78. The first-order chi connectivity index (χ1) is 11.1. The number of methoxy groups -OCH3 is 1. The molecule has 1 atom stereocenters. The molecule has 1 heterocycles. The summed E-state index contributed by atoms with van der Waals surface area (Å²) in [6.45, 7) is 4.72. The largest absolute Gasteiger partial charge is 0.392 e. The first-order valence-corrected chi connectivity index (χ1v) is 8.68. The van der Waals surface area contributed by atoms with Gasteiger partial charge in [-0.25, -0.2) is 4.79 Å². The monoisotopic (exact) mass is 350 g/mol. The topological polar surface area (TPSA) is 41.6 Å². The highest BCUT2D eigenvalue weighted by molar-refractivity contribution is 5.74. The lowest BCUT2D eigenvalue weighted by molar-refractivity contribution is -0.214. The maximum atomic E-state index is 13.1. The molecule has 0 unspecified atom stereocenters. The molecule has 4 nitrogen and oxygen atoms in total. The van der Waals surface area contributed by atoms with Gasteiger partial charge in [-0.2, -0.15) is 13.2 Å². The number of carbonyl (C=O) groups is 1. The zero-order valence-corrected chi connectivity index (χ0v) is 14.8. The Labute approximate surface area is 142 Å². The minimum absolute atomic E-state index is 0.0290. The van der Waals surface area contributed by atoms with Crippen molar-refractivity contribution in [2.45, 2.75) is 52.1 Å². The van der Waals surface area contributed by atoms with Crippen molar-refractivity contribution in [1.82, 2.24) is 10.2 Å². The van der Waals surface area contributed by atoms with Crippen molar-refractivity contribution in [3.05, 3.63) is 0 Å². The Bertz CT molecular complexity index is 448. The van der Waals surface area contributed by atoms with Crippen molar-refractivity contribution < 1.29 is 22.7 Å². The van der Waals surface area contributed by atoms with Gasteiger partial charge in [-0.3, -0.25) is 0 Å². The lowest BCUT2D eigenvalue weighted by Crippen LogP contribution is -2.55. The number of hydrogen-bond acceptors (Lipinski definition) is 2. The van der Waals surface area contributed by atoms with Gasteiger partial charge in [-0.05, 0) is 36.5 Å². The maximum absolute atomic E-state index is 13.1. The normalized spacial score (nSPS) is 25.9. The summed E-state index contributed by atoms with van der Waals surface area (Å²) in [6.07, 6.45) is -0.0352. The highest BCUT2D eigenvalue weighted by atomic mass is 19.4. The number of alkyl halides is 3. The number of ether oxygens (including phenoxy) is 1. The van der Waals surface area contributed by atoms with Crippen LogP contribution in [-0.2, 0) is 4.74 Å². The molecular formula is C17H29F3N2O2. The number of piperidine rings is 1. The lowest BCUT2D eigenvalue weighted by atomic mass is 9.67. The van der Waals surface area contributed by atoms with Gasteiger partial charge in [0.25, 0.3) is 0 Å². The number of likely N-dealkylation sites (tertiary alicyclic amines) is 1. The summed E-state index contributed by atoms with van der Waals surface area (Å²) in [5, 5.41) is 2.95. The van der Waals surface area contributed by atoms with Gasteiger partial charge in [0.15, 0.2) is 0 Å². The predicted octanol–water partition coefficient (Wildman–Crippen LogP) is 3.81. The summed E-state index contributed by atoms with van der Waals surface area (Å²) in [6, 6.07) is -0.243. The average Bonchev–Trinajstić information content (AvgIpc) is 2.43. The molecule has 1 aliphatic heterocycles. The SMILES string of the molecule is COCCC1(CNC(=O)N2CC[C@H](C(F)(F)F)C(C)(C)C2)CCC1. The van der Waals surface area contributed by atoms with Crippen LogP contribution in [0, 0.1) is 16.7 Å². The highest BCUT2D eigenvalue weighted by Gasteiger charge is 2.51. The second kappa shape index (κ2) is 7.10. The zero-order chi connectivity index (χ0) is 18.0. The van der Waals surface area contributed by atoms with E-state index in [0.29, 0.717) is 13.2 Å². The van der Waals surface area contributed by atoms with Crippen molar-refractivity contribution in [1.29, 1.82) is 0 Å². The fraction of sp³-hybridized carbons (Fsp3) is 0.941. The average molecular weight is 350 g/mol. The molecule has 2 aliphatic rings. The van der Waals surface area contributed by atoms with E-state index in [0.717, 1.165) is 25.7 Å². The van der Waals surface area contributed by atoms with Crippen LogP contribution >= 0.6 is 0 Å². The molecule has 2 fully saturated rings. The zero-order valence-electron chi connectivity index (χ0n) is 14.8. The number of nitrogens with zero attached hydrogens (tertiary/aromatic N) is 1. The van der Waals surface area contributed by atoms with Gasteiger partial charge in [0.1, 0.15) is 0 Å². The van der Waals surface area contributed by atoms with Crippen molar-refractivity contribution >= 4 is 6.03 Å². The molecule has 2 rings (SSSR count). The molecule has 1 saturated heterocycles. The summed E-state index contributed by atoms with van der Waals surface area (Å²) in [5.74, 6) is -1.35. The van der Waals surface area contributed by atoms with Crippen molar-refractivity contribution in [3.8, 4) is 0 Å². The first-order valence-electron chi connectivity index (χ1n) is 8.68. The fourth-order valence-corrected chi connectivity index (χ4v) is 4.02. The van der Waals surface area contributed by atoms with Gasteiger partial charge >= 0.3 is 12.2 Å². The minimum atomic E-state index is -4.21. The second-order valence-electron chi connectivity index (χ2n) is 8.05. The number of carbonyl (C=O) groups excluding carboxylic acids is 1. The van der Waals surface area contributed by atoms with Crippen LogP contribution in [0.1, 0.15) is 46.0 Å². The number of urea groups is 1. The quantitative estimate of drug-likeness (QED) is 0.819. The Kier molecular flexibility index (Phi) is 5.72. The number of halogens is 3. The van der Waals surface area contributed by atoms with Crippen LogP contribution in [0.2, 0.25) is 0 Å². The molecule has 24 heavy (non-hydrogen) atoms. The Hall–Kier alpha value is -0.980. The van der Waals surface area contributed by atoms with E-state index in [1.165, 1.54) is 4.90 Å². The molecule has 0 aromatic carbocycles. The summed E-state index contributed by atoms with van der Waals surface area (Å²) in [4.78, 5) is 13.9. The molecule has 1 saturated carbocycles. The van der Waals surface area contributed by atoms with Gasteiger partial charge in [0.05, 0.1) is 5.92 Å². The molecular weight excluding hydrogens is 321 g/mol. The smallest absolute Gasteiger partial charge is 0.385 e. The van der Waals surface area contributed by atoms with Crippen LogP contribution in [0.15, 0.2) is 0 Å². The van der Waals surface area contributed by atoms with Gasteiger partial charge in [-0.15, -0.1) is 0 Å². The minimum Gasteiger partial charge on any atom is -0.385 e. The van der Waals surface area contributed by atoms with Crippen LogP contribution in [0.5, 0.6) is 0 Å². The van der Waals surface area contributed by atoms with Gasteiger partial charge in [-0.1, -0.05) is 20.3 Å². The molecule has 0 aromatic rings. The van der Waals surface area contributed by atoms with Gasteiger partial charge in [0, 0.05) is 33.4 Å². The van der Waals surface area contributed by atoms with E-state index in [9.17, 15) is 18.0 Å². The highest BCUT2D eigenvalue weighted by Crippen LogP contribution is 2.45. The van der Waals surface area contributed by atoms with Gasteiger partial charge < -0.3 is 15.0 Å². The summed E-state index contributed by atoms with van der Waals surface area (Å²) in [7, 11) is 1.66. The van der Waals surface area contributed by atoms with Crippen LogP contribution < -0.4 is 5.32 Å². The van der Waals surface area contributed by atoms with Crippen LogP contribution in [0.3, 0.4) is 0 Å². The molecule has 0 bridgehead atoms. The van der Waals surface area contributed by atoms with E-state index in [1.807, 2.05) is 0 Å². The Morgan fingerprint density at radius 3 is 2.46 bits per heavy atom. The van der Waals surface area contributed by atoms with Crippen molar-refractivity contribution in [3.63, 3.8) is 0 Å². The molecule has 1 N–H and O–H groups in total. The van der Waals surface area contributed by atoms with E-state index in [2.05, 4.69) is 5.32 Å². The number of amides is 2. The van der Waals surface area contributed by atoms with E-state index < -0.39 is 17.5 Å². The number of rotatable bonds is 5. The fourth-order valence-electron chi connectivity index (χ4n) is 4.02. The predicted molar refractivity (Wildman–Crippen MR) is 85.7 cm³/mol. The van der Waals surface area contributed by atoms with Crippen LogP contribution in [0.4, 0.5) is 18.0 Å². The Balaban J connectivity index is 1.88.